The van der Waals surface area contributed by atoms with Crippen molar-refractivity contribution in [2.24, 2.45) is 11.1 Å². The van der Waals surface area contributed by atoms with Crippen LogP contribution in [0.25, 0.3) is 0 Å². The molecule has 0 bridgehead atoms. The molecule has 1 aromatic carbocycles. The minimum Gasteiger partial charge on any atom is -0.477 e. The second kappa shape index (κ2) is 8.93. The summed E-state index contributed by atoms with van der Waals surface area (Å²) in [5.41, 5.74) is 1.00. The summed E-state index contributed by atoms with van der Waals surface area (Å²) in [6.45, 7) is 1.76. The lowest BCUT2D eigenvalue weighted by Crippen LogP contribution is -2.25. The molecule has 158 valence electrons. The van der Waals surface area contributed by atoms with Gasteiger partial charge >= 0.3 is 6.18 Å². The maximum atomic E-state index is 12.6. The molecule has 10 heteroatoms. The number of aromatic nitrogens is 1. The van der Waals surface area contributed by atoms with Gasteiger partial charge in [0.2, 0.25) is 17.7 Å². The SMILES string of the molecule is CC(=NOCc1ccc(C(F)(F)F)cc1)c1ccc(OCC2CC(=O)NC2=O)nc1. The summed E-state index contributed by atoms with van der Waals surface area (Å²) in [5.74, 6) is -0.907. The van der Waals surface area contributed by atoms with E-state index in [2.05, 4.69) is 15.5 Å². The van der Waals surface area contributed by atoms with Gasteiger partial charge in [0, 0.05) is 24.2 Å². The van der Waals surface area contributed by atoms with Crippen molar-refractivity contribution in [3.05, 3.63) is 59.3 Å². The van der Waals surface area contributed by atoms with E-state index >= 15 is 0 Å². The molecule has 1 aliphatic rings. The van der Waals surface area contributed by atoms with Crippen LogP contribution in [0.2, 0.25) is 0 Å². The molecule has 0 spiro atoms. The van der Waals surface area contributed by atoms with Gasteiger partial charge in [-0.1, -0.05) is 17.3 Å². The number of rotatable bonds is 7. The van der Waals surface area contributed by atoms with Crippen molar-refractivity contribution in [3.63, 3.8) is 0 Å². The minimum absolute atomic E-state index is 0.0201. The number of imide groups is 1. The van der Waals surface area contributed by atoms with E-state index in [-0.39, 0.29) is 31.4 Å². The monoisotopic (exact) mass is 421 g/mol. The fourth-order valence-electron chi connectivity index (χ4n) is 2.65. The van der Waals surface area contributed by atoms with Crippen molar-refractivity contribution in [3.8, 4) is 5.88 Å². The highest BCUT2D eigenvalue weighted by Crippen LogP contribution is 2.29. The van der Waals surface area contributed by atoms with Crippen molar-refractivity contribution in [2.45, 2.75) is 26.1 Å². The van der Waals surface area contributed by atoms with Crippen LogP contribution in [0.15, 0.2) is 47.8 Å². The van der Waals surface area contributed by atoms with Crippen LogP contribution < -0.4 is 10.1 Å². The Balaban J connectivity index is 1.50. The second-order valence-corrected chi connectivity index (χ2v) is 6.65. The van der Waals surface area contributed by atoms with Crippen LogP contribution in [0.4, 0.5) is 13.2 Å². The van der Waals surface area contributed by atoms with Gasteiger partial charge in [0.25, 0.3) is 0 Å². The van der Waals surface area contributed by atoms with Gasteiger partial charge < -0.3 is 9.57 Å². The quantitative estimate of drug-likeness (QED) is 0.422. The van der Waals surface area contributed by atoms with Gasteiger partial charge in [-0.15, -0.1) is 0 Å². The van der Waals surface area contributed by atoms with E-state index in [9.17, 15) is 22.8 Å². The van der Waals surface area contributed by atoms with Gasteiger partial charge in [-0.25, -0.2) is 4.98 Å². The molecule has 1 atom stereocenters. The van der Waals surface area contributed by atoms with Crippen LogP contribution >= 0.6 is 0 Å². The molecule has 0 aliphatic carbocycles. The molecule has 1 aromatic heterocycles. The first kappa shape index (κ1) is 21.3. The van der Waals surface area contributed by atoms with E-state index in [1.165, 1.54) is 18.3 Å². The summed E-state index contributed by atoms with van der Waals surface area (Å²) in [5, 5.41) is 6.15. The number of ether oxygens (including phenoxy) is 1. The molecule has 1 aliphatic heterocycles. The summed E-state index contributed by atoms with van der Waals surface area (Å²) < 4.78 is 43.1. The van der Waals surface area contributed by atoms with Crippen LogP contribution in [-0.4, -0.2) is 29.1 Å². The Morgan fingerprint density at radius 1 is 1.20 bits per heavy atom. The van der Waals surface area contributed by atoms with Crippen molar-refractivity contribution in [2.75, 3.05) is 6.61 Å². The number of alkyl halides is 3. The van der Waals surface area contributed by atoms with Gasteiger partial charge in [0.1, 0.15) is 13.2 Å². The van der Waals surface area contributed by atoms with Crippen LogP contribution in [0, 0.1) is 5.92 Å². The number of halogens is 3. The van der Waals surface area contributed by atoms with Gasteiger partial charge in [-0.3, -0.25) is 14.9 Å². The van der Waals surface area contributed by atoms with Crippen molar-refractivity contribution >= 4 is 17.5 Å². The molecule has 7 nitrogen and oxygen atoms in total. The van der Waals surface area contributed by atoms with Crippen LogP contribution in [0.5, 0.6) is 5.88 Å². The number of benzene rings is 1. The van der Waals surface area contributed by atoms with E-state index in [0.29, 0.717) is 22.7 Å². The number of carbonyl (C=O) groups excluding carboxylic acids is 2. The third kappa shape index (κ3) is 5.56. The summed E-state index contributed by atoms with van der Waals surface area (Å²) in [4.78, 5) is 32.0. The largest absolute Gasteiger partial charge is 0.477 e. The van der Waals surface area contributed by atoms with Crippen molar-refractivity contribution < 1.29 is 32.3 Å². The molecular weight excluding hydrogens is 403 g/mol. The summed E-state index contributed by atoms with van der Waals surface area (Å²) in [7, 11) is 0. The summed E-state index contributed by atoms with van der Waals surface area (Å²) in [6, 6.07) is 7.94. The standard InChI is InChI=1S/C20H18F3N3O4/c1-12(26-30-10-13-2-5-16(6-3-13)20(21,22)23)14-4-7-18(24-9-14)29-11-15-8-17(27)25-19(15)28/h2-7,9,15H,8,10-11H2,1H3,(H,25,27,28). The number of carbonyl (C=O) groups is 2. The van der Waals surface area contributed by atoms with E-state index < -0.39 is 17.7 Å². The number of nitrogens with one attached hydrogen (secondary N) is 1. The molecule has 3 rings (SSSR count). The molecule has 2 heterocycles. The molecule has 1 N–H and O–H groups in total. The molecule has 0 radical (unpaired) electrons. The van der Waals surface area contributed by atoms with Gasteiger partial charge in [0.15, 0.2) is 0 Å². The van der Waals surface area contributed by atoms with Crippen molar-refractivity contribution in [1.82, 2.24) is 10.3 Å². The minimum atomic E-state index is -4.38. The zero-order valence-corrected chi connectivity index (χ0v) is 15.9. The first-order chi connectivity index (χ1) is 14.2. The van der Waals surface area contributed by atoms with Crippen LogP contribution in [0.3, 0.4) is 0 Å². The molecule has 1 fully saturated rings. The van der Waals surface area contributed by atoms with Crippen molar-refractivity contribution in [1.29, 1.82) is 0 Å². The van der Waals surface area contributed by atoms with E-state index in [4.69, 9.17) is 9.57 Å². The zero-order chi connectivity index (χ0) is 21.7. The predicted molar refractivity (Wildman–Crippen MR) is 99.4 cm³/mol. The average Bonchev–Trinajstić information content (AvgIpc) is 3.03. The Bertz CT molecular complexity index is 941. The maximum Gasteiger partial charge on any atom is 0.416 e. The number of hydrogen-bond acceptors (Lipinski definition) is 6. The number of nitrogens with zero attached hydrogens (tertiary/aromatic N) is 2. The van der Waals surface area contributed by atoms with Crippen LogP contribution in [-0.2, 0) is 27.2 Å². The molecular formula is C20H18F3N3O4. The number of oxime groups is 1. The molecule has 1 saturated heterocycles. The Labute approximate surface area is 169 Å². The molecule has 2 aromatic rings. The maximum absolute atomic E-state index is 12.6. The van der Waals surface area contributed by atoms with Gasteiger partial charge in [-0.2, -0.15) is 13.2 Å². The first-order valence-corrected chi connectivity index (χ1v) is 8.98. The fraction of sp³-hybridized carbons (Fsp3) is 0.300. The number of amides is 2. The lowest BCUT2D eigenvalue weighted by Gasteiger charge is -2.09. The summed E-state index contributed by atoms with van der Waals surface area (Å²) >= 11 is 0. The summed E-state index contributed by atoms with van der Waals surface area (Å²) in [6.07, 6.45) is -2.77. The third-order valence-electron chi connectivity index (χ3n) is 4.37. The van der Waals surface area contributed by atoms with Gasteiger partial charge in [-0.05, 0) is 30.7 Å². The second-order valence-electron chi connectivity index (χ2n) is 6.65. The molecule has 30 heavy (non-hydrogen) atoms. The normalized spacial score (nSPS) is 17.1. The average molecular weight is 421 g/mol. The Morgan fingerprint density at radius 2 is 1.93 bits per heavy atom. The number of pyridine rings is 1. The molecule has 2 amide bonds. The lowest BCUT2D eigenvalue weighted by atomic mass is 10.1. The predicted octanol–water partition coefficient (Wildman–Crippen LogP) is 3.08. The smallest absolute Gasteiger partial charge is 0.416 e. The molecule has 0 saturated carbocycles. The highest BCUT2D eigenvalue weighted by atomic mass is 19.4. The topological polar surface area (TPSA) is 89.9 Å². The zero-order valence-electron chi connectivity index (χ0n) is 15.9. The van der Waals surface area contributed by atoms with E-state index in [0.717, 1.165) is 12.1 Å². The fourth-order valence-corrected chi connectivity index (χ4v) is 2.65. The number of hydrogen-bond donors (Lipinski definition) is 1. The lowest BCUT2D eigenvalue weighted by molar-refractivity contribution is -0.137. The Morgan fingerprint density at radius 3 is 2.50 bits per heavy atom. The van der Waals surface area contributed by atoms with E-state index in [1.54, 1.807) is 19.1 Å². The van der Waals surface area contributed by atoms with E-state index in [1.807, 2.05) is 0 Å². The first-order valence-electron chi connectivity index (χ1n) is 8.98. The Hall–Kier alpha value is -3.43. The van der Waals surface area contributed by atoms with Crippen LogP contribution in [0.1, 0.15) is 30.0 Å². The Kier molecular flexibility index (Phi) is 6.34. The van der Waals surface area contributed by atoms with Gasteiger partial charge in [0.05, 0.1) is 17.2 Å². The third-order valence-corrected chi connectivity index (χ3v) is 4.37. The molecule has 1 unspecified atom stereocenters. The highest BCUT2D eigenvalue weighted by molar-refractivity contribution is 6.03. The highest BCUT2D eigenvalue weighted by Gasteiger charge is 2.31.